The van der Waals surface area contributed by atoms with E-state index in [0.717, 1.165) is 16.4 Å². The van der Waals surface area contributed by atoms with Crippen molar-refractivity contribution in [3.8, 4) is 0 Å². The van der Waals surface area contributed by atoms with Crippen molar-refractivity contribution in [3.05, 3.63) is 34.4 Å². The highest BCUT2D eigenvalue weighted by atomic mass is 79.9. The van der Waals surface area contributed by atoms with Gasteiger partial charge in [0.2, 0.25) is 0 Å². The fraction of sp³-hybridized carbons (Fsp3) is 0.273. The Morgan fingerprint density at radius 3 is 3.00 bits per heavy atom. The van der Waals surface area contributed by atoms with Crippen LogP contribution in [0.15, 0.2) is 28.9 Å². The number of H-pyrrole nitrogens is 1. The van der Waals surface area contributed by atoms with Crippen molar-refractivity contribution in [1.29, 1.82) is 0 Å². The topological polar surface area (TPSA) is 41.8 Å². The summed E-state index contributed by atoms with van der Waals surface area (Å²) < 4.78 is 1.13. The van der Waals surface area contributed by atoms with Crippen molar-refractivity contribution < 1.29 is 0 Å². The molecule has 0 aliphatic rings. The number of halogens is 1. The molecule has 1 aromatic carbocycles. The van der Waals surface area contributed by atoms with E-state index in [1.807, 2.05) is 19.2 Å². The minimum atomic E-state index is 0.195. The lowest BCUT2D eigenvalue weighted by Gasteiger charge is -2.03. The third-order valence-corrected chi connectivity index (χ3v) is 2.94. The van der Waals surface area contributed by atoms with Crippen LogP contribution in [0.1, 0.15) is 12.5 Å². The first-order valence-electron chi connectivity index (χ1n) is 4.68. The van der Waals surface area contributed by atoms with Crippen LogP contribution in [0.5, 0.6) is 0 Å². The number of rotatable bonds is 2. The van der Waals surface area contributed by atoms with Gasteiger partial charge in [0.15, 0.2) is 0 Å². The molecule has 14 heavy (non-hydrogen) atoms. The Morgan fingerprint density at radius 2 is 2.29 bits per heavy atom. The van der Waals surface area contributed by atoms with Crippen LogP contribution in [0.3, 0.4) is 0 Å². The van der Waals surface area contributed by atoms with Crippen molar-refractivity contribution >= 4 is 26.8 Å². The summed E-state index contributed by atoms with van der Waals surface area (Å²) in [6, 6.07) is 6.35. The highest BCUT2D eigenvalue weighted by Crippen LogP contribution is 2.27. The van der Waals surface area contributed by atoms with Crippen LogP contribution in [0.2, 0.25) is 0 Å². The van der Waals surface area contributed by atoms with Crippen molar-refractivity contribution in [1.82, 2.24) is 4.98 Å². The van der Waals surface area contributed by atoms with Gasteiger partial charge in [-0.05, 0) is 31.0 Å². The fourth-order valence-electron chi connectivity index (χ4n) is 1.72. The van der Waals surface area contributed by atoms with E-state index in [-0.39, 0.29) is 6.04 Å². The summed E-state index contributed by atoms with van der Waals surface area (Å²) in [5.74, 6) is 0. The highest BCUT2D eigenvalue weighted by molar-refractivity contribution is 9.10. The maximum absolute atomic E-state index is 5.80. The molecule has 0 aliphatic carbocycles. The molecule has 0 aliphatic heterocycles. The molecule has 74 valence electrons. The molecule has 2 aromatic rings. The first-order chi connectivity index (χ1) is 6.68. The number of aromatic amines is 1. The molecule has 1 unspecified atom stereocenters. The van der Waals surface area contributed by atoms with Crippen molar-refractivity contribution in [3.63, 3.8) is 0 Å². The predicted octanol–water partition coefficient (Wildman–Crippen LogP) is 2.82. The second-order valence-corrected chi connectivity index (χ2v) is 4.51. The van der Waals surface area contributed by atoms with E-state index in [0.29, 0.717) is 0 Å². The first-order valence-corrected chi connectivity index (χ1v) is 5.48. The summed E-state index contributed by atoms with van der Waals surface area (Å²) >= 11 is 3.56. The average molecular weight is 253 g/mol. The highest BCUT2D eigenvalue weighted by Gasteiger charge is 2.07. The number of nitrogens with one attached hydrogen (secondary N) is 1. The number of aromatic nitrogens is 1. The Labute approximate surface area is 91.6 Å². The van der Waals surface area contributed by atoms with E-state index < -0.39 is 0 Å². The summed E-state index contributed by atoms with van der Waals surface area (Å²) in [4.78, 5) is 3.25. The molecule has 0 radical (unpaired) electrons. The molecule has 0 fully saturated rings. The van der Waals surface area contributed by atoms with Gasteiger partial charge in [-0.1, -0.05) is 22.0 Å². The molecule has 1 heterocycles. The van der Waals surface area contributed by atoms with Gasteiger partial charge in [0, 0.05) is 27.6 Å². The predicted molar refractivity (Wildman–Crippen MR) is 63.4 cm³/mol. The van der Waals surface area contributed by atoms with Crippen LogP contribution in [-0.2, 0) is 6.42 Å². The molecule has 3 N–H and O–H groups in total. The Balaban J connectivity index is 2.55. The van der Waals surface area contributed by atoms with Crippen LogP contribution >= 0.6 is 15.9 Å². The Morgan fingerprint density at radius 1 is 1.50 bits per heavy atom. The van der Waals surface area contributed by atoms with Crippen LogP contribution in [0, 0.1) is 0 Å². The van der Waals surface area contributed by atoms with Crippen molar-refractivity contribution in [2.24, 2.45) is 5.73 Å². The van der Waals surface area contributed by atoms with Gasteiger partial charge in [0.05, 0.1) is 0 Å². The number of hydrogen-bond donors (Lipinski definition) is 2. The van der Waals surface area contributed by atoms with Gasteiger partial charge in [-0.3, -0.25) is 0 Å². The molecule has 1 aromatic heterocycles. The summed E-state index contributed by atoms with van der Waals surface area (Å²) in [6.07, 6.45) is 2.95. The number of hydrogen-bond acceptors (Lipinski definition) is 1. The van der Waals surface area contributed by atoms with Gasteiger partial charge in [0.1, 0.15) is 0 Å². The SMILES string of the molecule is CC(N)Cc1c[nH]c2cccc(Br)c12. The monoisotopic (exact) mass is 252 g/mol. The second-order valence-electron chi connectivity index (χ2n) is 3.66. The zero-order valence-corrected chi connectivity index (χ0v) is 9.64. The van der Waals surface area contributed by atoms with E-state index in [4.69, 9.17) is 5.73 Å². The maximum atomic E-state index is 5.80. The molecule has 2 nitrogen and oxygen atoms in total. The van der Waals surface area contributed by atoms with Crippen LogP contribution < -0.4 is 5.73 Å². The molecule has 0 saturated heterocycles. The van der Waals surface area contributed by atoms with E-state index in [9.17, 15) is 0 Å². The first kappa shape index (κ1) is 9.74. The lowest BCUT2D eigenvalue weighted by Crippen LogP contribution is -2.17. The number of nitrogens with two attached hydrogens (primary N) is 1. The Kier molecular flexibility index (Phi) is 2.61. The van der Waals surface area contributed by atoms with E-state index in [1.165, 1.54) is 10.9 Å². The smallest absolute Gasteiger partial charge is 0.0468 e. The summed E-state index contributed by atoms with van der Waals surface area (Å²) in [6.45, 7) is 2.02. The molecule has 0 amide bonds. The molecular formula is C11H13BrN2. The molecule has 2 rings (SSSR count). The summed E-state index contributed by atoms with van der Waals surface area (Å²) in [5.41, 5.74) is 8.24. The zero-order chi connectivity index (χ0) is 10.1. The molecule has 3 heteroatoms. The number of fused-ring (bicyclic) bond motifs is 1. The van der Waals surface area contributed by atoms with Gasteiger partial charge in [-0.25, -0.2) is 0 Å². The molecule has 1 atom stereocenters. The Hall–Kier alpha value is -0.800. The fourth-order valence-corrected chi connectivity index (χ4v) is 2.34. The minimum Gasteiger partial charge on any atom is -0.361 e. The molecule has 0 bridgehead atoms. The maximum Gasteiger partial charge on any atom is 0.0468 e. The van der Waals surface area contributed by atoms with E-state index in [1.54, 1.807) is 0 Å². The lowest BCUT2D eigenvalue weighted by molar-refractivity contribution is 0.741. The third-order valence-electron chi connectivity index (χ3n) is 2.28. The van der Waals surface area contributed by atoms with Crippen LogP contribution in [0.4, 0.5) is 0 Å². The molecule has 0 saturated carbocycles. The minimum absolute atomic E-state index is 0.195. The lowest BCUT2D eigenvalue weighted by atomic mass is 10.1. The van der Waals surface area contributed by atoms with E-state index in [2.05, 4.69) is 33.0 Å². The average Bonchev–Trinajstić information content (AvgIpc) is 2.49. The van der Waals surface area contributed by atoms with Crippen molar-refractivity contribution in [2.75, 3.05) is 0 Å². The van der Waals surface area contributed by atoms with Gasteiger partial charge >= 0.3 is 0 Å². The largest absolute Gasteiger partial charge is 0.361 e. The normalized spacial score (nSPS) is 13.4. The van der Waals surface area contributed by atoms with Crippen LogP contribution in [-0.4, -0.2) is 11.0 Å². The third kappa shape index (κ3) is 1.70. The second kappa shape index (κ2) is 3.75. The molecule has 0 spiro atoms. The number of benzene rings is 1. The standard InChI is InChI=1S/C11H13BrN2/c1-7(13)5-8-6-14-10-4-2-3-9(12)11(8)10/h2-4,6-7,14H,5,13H2,1H3. The van der Waals surface area contributed by atoms with Gasteiger partial charge in [0.25, 0.3) is 0 Å². The summed E-state index contributed by atoms with van der Waals surface area (Å²) in [5, 5.41) is 1.25. The Bertz CT molecular complexity index is 445. The molecular weight excluding hydrogens is 240 g/mol. The van der Waals surface area contributed by atoms with Gasteiger partial charge in [-0.2, -0.15) is 0 Å². The zero-order valence-electron chi connectivity index (χ0n) is 8.05. The van der Waals surface area contributed by atoms with Crippen molar-refractivity contribution in [2.45, 2.75) is 19.4 Å². The van der Waals surface area contributed by atoms with E-state index >= 15 is 0 Å². The summed E-state index contributed by atoms with van der Waals surface area (Å²) in [7, 11) is 0. The van der Waals surface area contributed by atoms with Gasteiger partial charge < -0.3 is 10.7 Å². The van der Waals surface area contributed by atoms with Gasteiger partial charge in [-0.15, -0.1) is 0 Å². The van der Waals surface area contributed by atoms with Crippen LogP contribution in [0.25, 0.3) is 10.9 Å². The quantitative estimate of drug-likeness (QED) is 0.849.